The number of amides is 1. The van der Waals surface area contributed by atoms with E-state index >= 15 is 0 Å². The molecule has 33 heavy (non-hydrogen) atoms. The summed E-state index contributed by atoms with van der Waals surface area (Å²) in [5.41, 5.74) is 3.12. The summed E-state index contributed by atoms with van der Waals surface area (Å²) < 4.78 is 11.1. The Balaban J connectivity index is 1.33. The third-order valence-electron chi connectivity index (χ3n) is 5.04. The average Bonchev–Trinajstić information content (AvgIpc) is 3.62. The fourth-order valence-electron chi connectivity index (χ4n) is 3.55. The van der Waals surface area contributed by atoms with Crippen LogP contribution in [0, 0.1) is 0 Å². The number of anilines is 2. The third kappa shape index (κ3) is 4.63. The molecule has 2 aromatic carbocycles. The highest BCUT2D eigenvalue weighted by molar-refractivity contribution is 7.99. The van der Waals surface area contributed by atoms with Crippen LogP contribution in [0.5, 0.6) is 0 Å². The molecule has 0 unspecified atom stereocenters. The van der Waals surface area contributed by atoms with Crippen LogP contribution in [0.3, 0.4) is 0 Å². The predicted octanol–water partition coefficient (Wildman–Crippen LogP) is 6.78. The van der Waals surface area contributed by atoms with Gasteiger partial charge in [-0.05, 0) is 48.5 Å². The van der Waals surface area contributed by atoms with E-state index in [1.807, 2.05) is 84.9 Å². The maximum absolute atomic E-state index is 13.2. The van der Waals surface area contributed by atoms with Crippen LogP contribution in [-0.4, -0.2) is 21.6 Å². The van der Waals surface area contributed by atoms with Crippen molar-refractivity contribution in [2.24, 2.45) is 0 Å². The van der Waals surface area contributed by atoms with Gasteiger partial charge in [-0.3, -0.25) is 9.69 Å². The van der Waals surface area contributed by atoms with Gasteiger partial charge >= 0.3 is 0 Å². The first-order valence-electron chi connectivity index (χ1n) is 10.5. The van der Waals surface area contributed by atoms with Gasteiger partial charge in [0.2, 0.25) is 5.91 Å². The first-order valence-corrected chi connectivity index (χ1v) is 11.5. The molecule has 0 bridgehead atoms. The minimum absolute atomic E-state index is 0.0176. The zero-order valence-electron chi connectivity index (χ0n) is 17.7. The normalized spacial score (nSPS) is 10.9. The molecule has 5 aromatic rings. The van der Waals surface area contributed by atoms with Gasteiger partial charge in [0, 0.05) is 23.5 Å². The fourth-order valence-corrected chi connectivity index (χ4v) is 4.35. The highest BCUT2D eigenvalue weighted by atomic mass is 32.2. The lowest BCUT2D eigenvalue weighted by molar-refractivity contribution is -0.117. The number of aromatic amines is 1. The summed E-state index contributed by atoms with van der Waals surface area (Å²) in [5, 5.41) is 0.701. The number of carbonyl (C=O) groups excluding carboxylic acids is 1. The fraction of sp³-hybridized carbons (Fsp3) is 0.0769. The molecule has 0 aliphatic heterocycles. The van der Waals surface area contributed by atoms with Crippen LogP contribution in [0.15, 0.2) is 111 Å². The van der Waals surface area contributed by atoms with Crippen molar-refractivity contribution in [3.05, 3.63) is 97.5 Å². The van der Waals surface area contributed by atoms with E-state index in [4.69, 9.17) is 13.8 Å². The number of carbonyl (C=O) groups is 1. The molecule has 0 fully saturated rings. The molecule has 0 atom stereocenters. The molecule has 1 N–H and O–H groups in total. The number of aromatic nitrogens is 2. The number of benzene rings is 2. The summed E-state index contributed by atoms with van der Waals surface area (Å²) in [6, 6.07) is 26.8. The van der Waals surface area contributed by atoms with Crippen molar-refractivity contribution in [1.29, 1.82) is 0 Å². The Kier molecular flexibility index (Phi) is 6.12. The van der Waals surface area contributed by atoms with Crippen molar-refractivity contribution in [3.8, 4) is 22.9 Å². The van der Waals surface area contributed by atoms with Gasteiger partial charge in [-0.1, -0.05) is 48.2 Å². The van der Waals surface area contributed by atoms with E-state index in [1.165, 1.54) is 11.8 Å². The first-order chi connectivity index (χ1) is 16.3. The Morgan fingerprint density at radius 3 is 2.00 bits per heavy atom. The third-order valence-corrected chi connectivity index (χ3v) is 5.91. The molecule has 0 aliphatic rings. The lowest BCUT2D eigenvalue weighted by Gasteiger charge is -2.23. The van der Waals surface area contributed by atoms with Gasteiger partial charge in [-0.25, -0.2) is 4.98 Å². The smallest absolute Gasteiger partial charge is 0.232 e. The predicted molar refractivity (Wildman–Crippen MR) is 129 cm³/mol. The quantitative estimate of drug-likeness (QED) is 0.261. The van der Waals surface area contributed by atoms with Crippen molar-refractivity contribution < 1.29 is 13.6 Å². The number of thioether (sulfide) groups is 1. The molecule has 1 amide bonds. The van der Waals surface area contributed by atoms with Gasteiger partial charge < -0.3 is 13.8 Å². The summed E-state index contributed by atoms with van der Waals surface area (Å²) in [5.74, 6) is 1.91. The highest BCUT2D eigenvalue weighted by Crippen LogP contribution is 2.33. The van der Waals surface area contributed by atoms with Gasteiger partial charge in [0.25, 0.3) is 0 Å². The van der Waals surface area contributed by atoms with E-state index < -0.39 is 0 Å². The summed E-state index contributed by atoms with van der Waals surface area (Å²) in [7, 11) is 0. The monoisotopic (exact) mass is 455 g/mol. The topological polar surface area (TPSA) is 75.3 Å². The van der Waals surface area contributed by atoms with Crippen molar-refractivity contribution >= 4 is 29.0 Å². The number of furan rings is 2. The van der Waals surface area contributed by atoms with Crippen molar-refractivity contribution in [2.75, 3.05) is 10.7 Å². The van der Waals surface area contributed by atoms with Gasteiger partial charge in [0.05, 0.1) is 12.5 Å². The van der Waals surface area contributed by atoms with E-state index in [2.05, 4.69) is 4.98 Å². The number of para-hydroxylation sites is 2. The van der Waals surface area contributed by atoms with E-state index in [0.29, 0.717) is 34.5 Å². The molecule has 0 saturated carbocycles. The van der Waals surface area contributed by atoms with Crippen LogP contribution in [0.2, 0.25) is 0 Å². The standard InChI is InChI=1S/C26H21N3O3S/c30-23(29(19-9-3-1-4-10-19)20-11-5-2-6-12-20)15-18-33-26-27-24(21-13-7-16-31-21)25(28-26)22-14-8-17-32-22/h1-14,16-17H,15,18H2,(H,27,28). The minimum Gasteiger partial charge on any atom is -0.463 e. The number of rotatable bonds is 8. The Morgan fingerprint density at radius 2 is 1.42 bits per heavy atom. The molecule has 3 heterocycles. The van der Waals surface area contributed by atoms with E-state index in [0.717, 1.165) is 17.1 Å². The Hall–Kier alpha value is -3.97. The summed E-state index contributed by atoms with van der Waals surface area (Å²) in [6.45, 7) is 0. The molecule has 0 spiro atoms. The number of hydrogen-bond donors (Lipinski definition) is 1. The molecule has 164 valence electrons. The van der Waals surface area contributed by atoms with Crippen LogP contribution in [-0.2, 0) is 4.79 Å². The van der Waals surface area contributed by atoms with Crippen LogP contribution >= 0.6 is 11.8 Å². The van der Waals surface area contributed by atoms with Gasteiger partial charge in [0.1, 0.15) is 11.4 Å². The van der Waals surface area contributed by atoms with Crippen LogP contribution in [0.1, 0.15) is 6.42 Å². The molecule has 6 nitrogen and oxygen atoms in total. The SMILES string of the molecule is O=C(CCSc1nc(-c2ccco2)c(-c2ccco2)[nH]1)N(c1ccccc1)c1ccccc1. The number of nitrogens with zero attached hydrogens (tertiary/aromatic N) is 2. The molecule has 3 aromatic heterocycles. The largest absolute Gasteiger partial charge is 0.463 e. The average molecular weight is 456 g/mol. The van der Waals surface area contributed by atoms with Crippen LogP contribution < -0.4 is 4.90 Å². The van der Waals surface area contributed by atoms with Gasteiger partial charge in [0.15, 0.2) is 16.7 Å². The molecule has 0 radical (unpaired) electrons. The second kappa shape index (κ2) is 9.67. The minimum atomic E-state index is 0.0176. The maximum atomic E-state index is 13.2. The van der Waals surface area contributed by atoms with Gasteiger partial charge in [-0.15, -0.1) is 0 Å². The lowest BCUT2D eigenvalue weighted by atomic mass is 10.2. The second-order valence-electron chi connectivity index (χ2n) is 7.22. The van der Waals surface area contributed by atoms with Crippen molar-refractivity contribution in [1.82, 2.24) is 9.97 Å². The second-order valence-corrected chi connectivity index (χ2v) is 8.30. The zero-order valence-corrected chi connectivity index (χ0v) is 18.5. The summed E-state index contributed by atoms with van der Waals surface area (Å²) in [6.07, 6.45) is 3.58. The molecule has 5 rings (SSSR count). The summed E-state index contributed by atoms with van der Waals surface area (Å²) in [4.78, 5) is 23.0. The van der Waals surface area contributed by atoms with E-state index in [1.54, 1.807) is 17.4 Å². The first kappa shape index (κ1) is 20.9. The van der Waals surface area contributed by atoms with E-state index in [9.17, 15) is 4.79 Å². The molecular formula is C26H21N3O3S. The van der Waals surface area contributed by atoms with E-state index in [-0.39, 0.29) is 5.91 Å². The molecule has 0 saturated heterocycles. The van der Waals surface area contributed by atoms with Crippen molar-refractivity contribution in [2.45, 2.75) is 11.6 Å². The lowest BCUT2D eigenvalue weighted by Crippen LogP contribution is -2.26. The Morgan fingerprint density at radius 1 is 0.818 bits per heavy atom. The van der Waals surface area contributed by atoms with Crippen molar-refractivity contribution in [3.63, 3.8) is 0 Å². The number of nitrogens with one attached hydrogen (secondary N) is 1. The Bertz CT molecular complexity index is 1210. The zero-order chi connectivity index (χ0) is 22.5. The van der Waals surface area contributed by atoms with Gasteiger partial charge in [-0.2, -0.15) is 0 Å². The number of imidazole rings is 1. The molecule has 7 heteroatoms. The molecular weight excluding hydrogens is 434 g/mol. The van der Waals surface area contributed by atoms with Crippen LogP contribution in [0.4, 0.5) is 11.4 Å². The summed E-state index contributed by atoms with van der Waals surface area (Å²) >= 11 is 1.49. The Labute approximate surface area is 195 Å². The highest BCUT2D eigenvalue weighted by Gasteiger charge is 2.20. The number of H-pyrrole nitrogens is 1. The van der Waals surface area contributed by atoms with Crippen LogP contribution in [0.25, 0.3) is 22.9 Å². The maximum Gasteiger partial charge on any atom is 0.232 e. The number of hydrogen-bond acceptors (Lipinski definition) is 5. The molecule has 0 aliphatic carbocycles.